The predicted octanol–water partition coefficient (Wildman–Crippen LogP) is 13.3. The fourth-order valence-corrected chi connectivity index (χ4v) is 8.03. The van der Waals surface area contributed by atoms with Gasteiger partial charge in [-0.15, -0.1) is 11.3 Å². The van der Waals surface area contributed by atoms with E-state index in [0.717, 1.165) is 34.7 Å². The van der Waals surface area contributed by atoms with Crippen LogP contribution >= 0.6 is 11.3 Å². The summed E-state index contributed by atoms with van der Waals surface area (Å²) in [5.41, 5.74) is 10.2. The van der Waals surface area contributed by atoms with Crippen LogP contribution < -0.4 is 4.90 Å². The van der Waals surface area contributed by atoms with Crippen molar-refractivity contribution >= 4 is 40.3 Å². The van der Waals surface area contributed by atoms with Gasteiger partial charge in [-0.3, -0.25) is 4.79 Å². The van der Waals surface area contributed by atoms with Crippen molar-refractivity contribution in [1.29, 1.82) is 0 Å². The number of thiophene rings is 1. The van der Waals surface area contributed by atoms with E-state index in [2.05, 4.69) is 116 Å². The number of unbranched alkanes of at least 4 members (excludes halogenated alkanes) is 6. The molecule has 0 amide bonds. The third-order valence-corrected chi connectivity index (χ3v) is 10.6. The Morgan fingerprint density at radius 1 is 0.638 bits per heavy atom. The summed E-state index contributed by atoms with van der Waals surface area (Å²) >= 11 is 1.50. The minimum absolute atomic E-state index is 0.0667. The number of hydrogen-bond acceptors (Lipinski definition) is 3. The molecule has 0 fully saturated rings. The van der Waals surface area contributed by atoms with Gasteiger partial charge in [-0.05, 0) is 94.6 Å². The van der Waals surface area contributed by atoms with Crippen molar-refractivity contribution in [1.82, 2.24) is 0 Å². The summed E-state index contributed by atoms with van der Waals surface area (Å²) in [5, 5.41) is 1.96. The molecule has 1 aromatic heterocycles. The van der Waals surface area contributed by atoms with Crippen LogP contribution in [0.3, 0.4) is 0 Å². The van der Waals surface area contributed by atoms with Crippen molar-refractivity contribution in [3.05, 3.63) is 142 Å². The highest BCUT2D eigenvalue weighted by molar-refractivity contribution is 7.12. The van der Waals surface area contributed by atoms with Crippen LogP contribution in [0.15, 0.2) is 121 Å². The van der Waals surface area contributed by atoms with Gasteiger partial charge in [0, 0.05) is 22.5 Å². The van der Waals surface area contributed by atoms with Crippen molar-refractivity contribution < 1.29 is 4.79 Å². The highest BCUT2D eigenvalue weighted by atomic mass is 32.1. The first-order valence-corrected chi connectivity index (χ1v) is 18.5. The van der Waals surface area contributed by atoms with Gasteiger partial charge in [0.1, 0.15) is 0 Å². The molecule has 240 valence electrons. The van der Waals surface area contributed by atoms with Crippen molar-refractivity contribution in [2.24, 2.45) is 0 Å². The van der Waals surface area contributed by atoms with Crippen LogP contribution in [0.1, 0.15) is 104 Å². The third kappa shape index (κ3) is 7.21. The Morgan fingerprint density at radius 2 is 1.23 bits per heavy atom. The van der Waals surface area contributed by atoms with Crippen LogP contribution in [0.2, 0.25) is 0 Å². The van der Waals surface area contributed by atoms with E-state index in [9.17, 15) is 4.79 Å². The molecule has 0 spiro atoms. The predicted molar refractivity (Wildman–Crippen MR) is 203 cm³/mol. The van der Waals surface area contributed by atoms with E-state index in [1.54, 1.807) is 6.08 Å². The Balaban J connectivity index is 1.47. The van der Waals surface area contributed by atoms with Crippen molar-refractivity contribution in [3.63, 3.8) is 0 Å². The second kappa shape index (κ2) is 15.6. The molecule has 0 atom stereocenters. The topological polar surface area (TPSA) is 20.3 Å². The van der Waals surface area contributed by atoms with E-state index in [1.807, 2.05) is 23.6 Å². The maximum Gasteiger partial charge on any atom is 0.195 e. The number of fused-ring (bicyclic) bond motifs is 3. The molecule has 2 nitrogen and oxygen atoms in total. The fraction of sp³-hybridized carbons (Fsp3) is 0.295. The molecule has 4 aromatic carbocycles. The lowest BCUT2D eigenvalue weighted by molar-refractivity contribution is 0.105. The number of benzene rings is 4. The molecule has 0 saturated heterocycles. The molecule has 0 bridgehead atoms. The summed E-state index contributed by atoms with van der Waals surface area (Å²) in [4.78, 5) is 16.1. The second-order valence-corrected chi connectivity index (χ2v) is 13.9. The molecular formula is C44H47NOS. The van der Waals surface area contributed by atoms with Crippen molar-refractivity contribution in [3.8, 4) is 11.1 Å². The van der Waals surface area contributed by atoms with Crippen molar-refractivity contribution in [2.45, 2.75) is 83.5 Å². The Kier molecular flexibility index (Phi) is 10.9. The SMILES string of the molecule is CCCCCCC1(CCCCCC)c2cc(/C=C/C(=O)c3cccs3)ccc2-c2ccc(N(c3ccccc3)c3ccccc3)cc21. The molecule has 1 aliphatic rings. The molecule has 3 heteroatoms. The van der Waals surface area contributed by atoms with Gasteiger partial charge in [0.25, 0.3) is 0 Å². The first kappa shape index (κ1) is 32.7. The molecule has 1 aliphatic carbocycles. The molecular weight excluding hydrogens is 591 g/mol. The molecule has 0 aliphatic heterocycles. The summed E-state index contributed by atoms with van der Waals surface area (Å²) in [6.45, 7) is 4.59. The van der Waals surface area contributed by atoms with Gasteiger partial charge in [0.05, 0.1) is 4.88 Å². The van der Waals surface area contributed by atoms with E-state index in [0.29, 0.717) is 0 Å². The summed E-state index contributed by atoms with van der Waals surface area (Å²) < 4.78 is 0. The van der Waals surface area contributed by atoms with Crippen LogP contribution in [0.25, 0.3) is 17.2 Å². The van der Waals surface area contributed by atoms with E-state index in [-0.39, 0.29) is 11.2 Å². The minimum atomic E-state index is -0.0667. The zero-order chi connectivity index (χ0) is 32.5. The number of anilines is 3. The molecule has 0 radical (unpaired) electrons. The highest BCUT2D eigenvalue weighted by Gasteiger charge is 2.42. The van der Waals surface area contributed by atoms with E-state index >= 15 is 0 Å². The van der Waals surface area contributed by atoms with Crippen LogP contribution in [-0.4, -0.2) is 5.78 Å². The largest absolute Gasteiger partial charge is 0.310 e. The molecule has 0 saturated carbocycles. The third-order valence-electron chi connectivity index (χ3n) is 9.76. The monoisotopic (exact) mass is 637 g/mol. The average Bonchev–Trinajstić information content (AvgIpc) is 3.75. The number of carbonyl (C=O) groups excluding carboxylic acids is 1. The number of carbonyl (C=O) groups is 1. The Bertz CT molecular complexity index is 1720. The summed E-state index contributed by atoms with van der Waals surface area (Å²) in [6, 6.07) is 39.4. The molecule has 6 rings (SSSR count). The Morgan fingerprint density at radius 3 is 1.81 bits per heavy atom. The van der Waals surface area contributed by atoms with Gasteiger partial charge in [0.2, 0.25) is 0 Å². The second-order valence-electron chi connectivity index (χ2n) is 12.9. The van der Waals surface area contributed by atoms with E-state index in [1.165, 1.54) is 90.6 Å². The highest BCUT2D eigenvalue weighted by Crippen LogP contribution is 2.56. The average molecular weight is 638 g/mol. The van der Waals surface area contributed by atoms with Gasteiger partial charge in [-0.25, -0.2) is 0 Å². The molecule has 1 heterocycles. The summed E-state index contributed by atoms with van der Waals surface area (Å²) in [7, 11) is 0. The van der Waals surface area contributed by atoms with E-state index < -0.39 is 0 Å². The number of para-hydroxylation sites is 2. The minimum Gasteiger partial charge on any atom is -0.310 e. The van der Waals surface area contributed by atoms with Crippen LogP contribution in [-0.2, 0) is 5.41 Å². The summed E-state index contributed by atoms with van der Waals surface area (Å²) in [6.07, 6.45) is 16.0. The maximum absolute atomic E-state index is 12.9. The number of allylic oxidation sites excluding steroid dienone is 1. The fourth-order valence-electron chi connectivity index (χ4n) is 7.39. The van der Waals surface area contributed by atoms with Crippen LogP contribution in [0.5, 0.6) is 0 Å². The maximum atomic E-state index is 12.9. The van der Waals surface area contributed by atoms with Gasteiger partial charge in [-0.1, -0.05) is 138 Å². The normalized spacial score (nSPS) is 13.1. The first-order chi connectivity index (χ1) is 23.1. The van der Waals surface area contributed by atoms with Gasteiger partial charge >= 0.3 is 0 Å². The van der Waals surface area contributed by atoms with Crippen LogP contribution in [0.4, 0.5) is 17.1 Å². The molecule has 47 heavy (non-hydrogen) atoms. The van der Waals surface area contributed by atoms with Crippen LogP contribution in [0, 0.1) is 0 Å². The van der Waals surface area contributed by atoms with Gasteiger partial charge in [0.15, 0.2) is 5.78 Å². The lowest BCUT2D eigenvalue weighted by atomic mass is 9.70. The lowest BCUT2D eigenvalue weighted by Crippen LogP contribution is -2.26. The Hall–Kier alpha value is -4.21. The zero-order valence-corrected chi connectivity index (χ0v) is 28.8. The molecule has 0 unspecified atom stereocenters. The summed E-state index contributed by atoms with van der Waals surface area (Å²) in [5.74, 6) is 0.0701. The number of nitrogens with zero attached hydrogens (tertiary/aromatic N) is 1. The van der Waals surface area contributed by atoms with Gasteiger partial charge < -0.3 is 4.90 Å². The molecule has 0 N–H and O–H groups in total. The quantitative estimate of drug-likeness (QED) is 0.0609. The lowest BCUT2D eigenvalue weighted by Gasteiger charge is -2.34. The molecule has 5 aromatic rings. The van der Waals surface area contributed by atoms with Crippen molar-refractivity contribution in [2.75, 3.05) is 4.90 Å². The number of hydrogen-bond donors (Lipinski definition) is 0. The number of rotatable bonds is 16. The standard InChI is InChI=1S/C44H47NOS/c1-3-5-7-15-29-44(30-16-8-6-4-2)40-32-34(24-28-42(46)43-22-17-31-47-43)23-26-38(40)39-27-25-37(33-41(39)44)45(35-18-11-9-12-19-35)36-20-13-10-14-21-36/h9-14,17-28,31-33H,3-8,15-16,29-30H2,1-2H3/b28-24+. The first-order valence-electron chi connectivity index (χ1n) is 17.6. The number of ketones is 1. The Labute approximate surface area is 285 Å². The smallest absolute Gasteiger partial charge is 0.195 e. The van der Waals surface area contributed by atoms with Gasteiger partial charge in [-0.2, -0.15) is 0 Å². The zero-order valence-electron chi connectivity index (χ0n) is 28.0. The van der Waals surface area contributed by atoms with E-state index in [4.69, 9.17) is 0 Å².